The summed E-state index contributed by atoms with van der Waals surface area (Å²) in [6, 6.07) is 50.8. The SMILES string of the molecule is C/C=C\C=C/c1cc2c(c3ccc(C4=Cc5c(n(-c6ccc(-c7ccc8sc9c(c8c7C(C)(C)C)C=CCC9)cc6)c6ccc(-c7ccc(-c8ccccc8)cc7)cc56)CC4)cc13)CCC=C2. The number of benzene rings is 7. The number of thiophene rings is 1. The maximum atomic E-state index is 2.56. The summed E-state index contributed by atoms with van der Waals surface area (Å²) >= 11 is 1.99. The molecule has 0 bridgehead atoms. The average Bonchev–Trinajstić information content (AvgIpc) is 3.91. The van der Waals surface area contributed by atoms with Crippen molar-refractivity contribution in [3.63, 3.8) is 0 Å². The second-order valence-electron chi connectivity index (χ2n) is 19.7. The second-order valence-corrected chi connectivity index (χ2v) is 20.8. The van der Waals surface area contributed by atoms with Gasteiger partial charge in [0.2, 0.25) is 0 Å². The van der Waals surface area contributed by atoms with Crippen molar-refractivity contribution in [3.8, 4) is 39.1 Å². The number of aromatic nitrogens is 1. The fourth-order valence-corrected chi connectivity index (χ4v) is 12.5. The van der Waals surface area contributed by atoms with Crippen LogP contribution in [-0.2, 0) is 24.7 Å². The monoisotopic (exact) mass is 881 g/mol. The molecule has 326 valence electrons. The minimum atomic E-state index is -0.0145. The van der Waals surface area contributed by atoms with Crippen molar-refractivity contribution in [1.29, 1.82) is 0 Å². The first-order valence-corrected chi connectivity index (χ1v) is 25.1. The van der Waals surface area contributed by atoms with E-state index in [1.165, 1.54) is 126 Å². The van der Waals surface area contributed by atoms with Crippen LogP contribution in [0.15, 0.2) is 164 Å². The number of rotatable bonds is 7. The molecule has 0 unspecified atom stereocenters. The highest BCUT2D eigenvalue weighted by atomic mass is 32.1. The van der Waals surface area contributed by atoms with Crippen LogP contribution in [-0.4, -0.2) is 4.57 Å². The largest absolute Gasteiger partial charge is 0.313 e. The van der Waals surface area contributed by atoms with Crippen molar-refractivity contribution in [2.24, 2.45) is 0 Å². The van der Waals surface area contributed by atoms with E-state index < -0.39 is 0 Å². The Morgan fingerprint density at radius 1 is 0.582 bits per heavy atom. The molecule has 1 nitrogen and oxygen atoms in total. The molecule has 7 aromatic carbocycles. The Hall–Kier alpha value is -7.00. The molecule has 0 saturated carbocycles. The Morgan fingerprint density at radius 3 is 2.10 bits per heavy atom. The molecular formula is C65H55NS. The lowest BCUT2D eigenvalue weighted by Crippen LogP contribution is -2.14. The fourth-order valence-electron chi connectivity index (χ4n) is 11.3. The van der Waals surface area contributed by atoms with Gasteiger partial charge >= 0.3 is 0 Å². The quantitative estimate of drug-likeness (QED) is 0.141. The smallest absolute Gasteiger partial charge is 0.0538 e. The standard InChI is InChI=1S/C65H55NS/c1-5-6-8-17-50-38-49-18-11-12-19-52(49)54-33-28-47(39-56(50)54)48-30-36-60-58(41-48)57-40-46(44-24-22-43(23-25-44)42-15-9-7-10-16-42)29-35-59(57)66(60)51-31-26-45(27-32-51)53-34-37-62-63(64(53)65(2,3)4)55-20-13-14-21-61(55)67-62/h5-11,13,15-18,20,22-29,31-35,37-41H,12,14,19,21,30,36H2,1-4H3/b6-5-,17-8-. The van der Waals surface area contributed by atoms with Crippen LogP contribution in [0, 0.1) is 0 Å². The van der Waals surface area contributed by atoms with E-state index in [4.69, 9.17) is 0 Å². The fraction of sp³-hybridized carbons (Fsp3) is 0.169. The highest BCUT2D eigenvalue weighted by Gasteiger charge is 2.27. The number of nitrogens with zero attached hydrogens (tertiary/aromatic N) is 1. The Kier molecular flexibility index (Phi) is 10.3. The molecule has 2 heteroatoms. The first-order chi connectivity index (χ1) is 32.8. The number of aryl methyl sites for hydroxylation is 2. The molecule has 0 amide bonds. The van der Waals surface area contributed by atoms with Gasteiger partial charge < -0.3 is 4.57 Å². The molecule has 0 aliphatic heterocycles. The molecule has 0 spiro atoms. The first kappa shape index (κ1) is 41.4. The summed E-state index contributed by atoms with van der Waals surface area (Å²) in [5.74, 6) is 0. The van der Waals surface area contributed by atoms with Crippen LogP contribution in [0.5, 0.6) is 0 Å². The summed E-state index contributed by atoms with van der Waals surface area (Å²) < 4.78 is 3.97. The van der Waals surface area contributed by atoms with Crippen molar-refractivity contribution in [2.45, 2.75) is 71.6 Å². The van der Waals surface area contributed by atoms with Crippen LogP contribution in [0.1, 0.15) is 96.5 Å². The van der Waals surface area contributed by atoms with E-state index >= 15 is 0 Å². The van der Waals surface area contributed by atoms with Crippen LogP contribution in [0.4, 0.5) is 0 Å². The third-order valence-electron chi connectivity index (χ3n) is 14.5. The van der Waals surface area contributed by atoms with Gasteiger partial charge in [-0.1, -0.05) is 160 Å². The van der Waals surface area contributed by atoms with E-state index in [2.05, 4.69) is 220 Å². The van der Waals surface area contributed by atoms with Crippen LogP contribution in [0.25, 0.3) is 101 Å². The number of hydrogen-bond donors (Lipinski definition) is 0. The molecular weight excluding hydrogens is 827 g/mol. The molecule has 12 rings (SSSR count). The third kappa shape index (κ3) is 7.30. The molecule has 3 aliphatic rings. The number of allylic oxidation sites excluding steroid dienone is 6. The summed E-state index contributed by atoms with van der Waals surface area (Å²) in [6.07, 6.45) is 27.0. The van der Waals surface area contributed by atoms with Gasteiger partial charge in [0.15, 0.2) is 0 Å². The van der Waals surface area contributed by atoms with Crippen molar-refractivity contribution in [2.75, 3.05) is 0 Å². The maximum absolute atomic E-state index is 2.56. The van der Waals surface area contributed by atoms with Gasteiger partial charge in [-0.15, -0.1) is 11.3 Å². The predicted octanol–water partition coefficient (Wildman–Crippen LogP) is 18.3. The molecule has 0 N–H and O–H groups in total. The lowest BCUT2D eigenvalue weighted by molar-refractivity contribution is 0.597. The van der Waals surface area contributed by atoms with Gasteiger partial charge in [0.1, 0.15) is 0 Å². The zero-order valence-corrected chi connectivity index (χ0v) is 39.8. The topological polar surface area (TPSA) is 4.93 Å². The second kappa shape index (κ2) is 16.7. The van der Waals surface area contributed by atoms with Crippen molar-refractivity contribution in [1.82, 2.24) is 4.57 Å². The molecule has 0 radical (unpaired) electrons. The summed E-state index contributed by atoms with van der Waals surface area (Å²) in [4.78, 5) is 1.53. The highest BCUT2D eigenvalue weighted by molar-refractivity contribution is 7.19. The van der Waals surface area contributed by atoms with Crippen LogP contribution < -0.4 is 0 Å². The van der Waals surface area contributed by atoms with Gasteiger partial charge in [-0.3, -0.25) is 0 Å². The van der Waals surface area contributed by atoms with Gasteiger partial charge in [-0.25, -0.2) is 0 Å². The Morgan fingerprint density at radius 2 is 1.30 bits per heavy atom. The minimum absolute atomic E-state index is 0.0145. The molecule has 0 saturated heterocycles. The van der Waals surface area contributed by atoms with Crippen LogP contribution >= 0.6 is 11.3 Å². The molecule has 3 aliphatic carbocycles. The summed E-state index contributed by atoms with van der Waals surface area (Å²) in [5.41, 5.74) is 22.5. The Labute approximate surface area is 399 Å². The Balaban J connectivity index is 0.994. The third-order valence-corrected chi connectivity index (χ3v) is 15.7. The number of hydrogen-bond acceptors (Lipinski definition) is 1. The van der Waals surface area contributed by atoms with Crippen LogP contribution in [0.3, 0.4) is 0 Å². The highest BCUT2D eigenvalue weighted by Crippen LogP contribution is 2.47. The zero-order valence-electron chi connectivity index (χ0n) is 39.0. The predicted molar refractivity (Wildman–Crippen MR) is 292 cm³/mol. The van der Waals surface area contributed by atoms with E-state index in [0.717, 1.165) is 38.5 Å². The summed E-state index contributed by atoms with van der Waals surface area (Å²) in [6.45, 7) is 9.22. The average molecular weight is 882 g/mol. The van der Waals surface area contributed by atoms with E-state index in [1.807, 2.05) is 11.3 Å². The van der Waals surface area contributed by atoms with Gasteiger partial charge in [0.25, 0.3) is 0 Å². The maximum Gasteiger partial charge on any atom is 0.0538 e. The number of fused-ring (bicyclic) bond motifs is 9. The molecule has 0 atom stereocenters. The van der Waals surface area contributed by atoms with Gasteiger partial charge in [0, 0.05) is 37.3 Å². The molecule has 2 aromatic heterocycles. The van der Waals surface area contributed by atoms with Crippen molar-refractivity contribution >= 4 is 73.0 Å². The Bertz CT molecular complexity index is 3570. The van der Waals surface area contributed by atoms with E-state index in [1.54, 1.807) is 0 Å². The van der Waals surface area contributed by atoms with E-state index in [-0.39, 0.29) is 5.41 Å². The summed E-state index contributed by atoms with van der Waals surface area (Å²) in [5, 5.41) is 5.47. The normalized spacial score (nSPS) is 14.7. The summed E-state index contributed by atoms with van der Waals surface area (Å²) in [7, 11) is 0. The van der Waals surface area contributed by atoms with E-state index in [9.17, 15) is 0 Å². The van der Waals surface area contributed by atoms with Gasteiger partial charge in [-0.05, 0) is 183 Å². The van der Waals surface area contributed by atoms with E-state index in [0.29, 0.717) is 0 Å². The lowest BCUT2D eigenvalue weighted by atomic mass is 9.78. The van der Waals surface area contributed by atoms with Crippen LogP contribution in [0.2, 0.25) is 0 Å². The van der Waals surface area contributed by atoms with Gasteiger partial charge in [0.05, 0.1) is 5.52 Å². The van der Waals surface area contributed by atoms with Crippen molar-refractivity contribution < 1.29 is 0 Å². The first-order valence-electron chi connectivity index (χ1n) is 24.3. The zero-order chi connectivity index (χ0) is 45.2. The molecule has 2 heterocycles. The molecule has 0 fully saturated rings. The minimum Gasteiger partial charge on any atom is -0.313 e. The van der Waals surface area contributed by atoms with Gasteiger partial charge in [-0.2, -0.15) is 0 Å². The molecule has 67 heavy (non-hydrogen) atoms. The van der Waals surface area contributed by atoms with Crippen molar-refractivity contribution in [3.05, 3.63) is 213 Å². The lowest BCUT2D eigenvalue weighted by Gasteiger charge is -2.25. The molecule has 9 aromatic rings.